The zero-order valence-electron chi connectivity index (χ0n) is 17.2. The summed E-state index contributed by atoms with van der Waals surface area (Å²) in [6, 6.07) is 1.10. The number of anilines is 2. The predicted molar refractivity (Wildman–Crippen MR) is 91.2 cm³/mol. The van der Waals surface area contributed by atoms with Crippen LogP contribution in [0.15, 0.2) is 48.5 Å². The van der Waals surface area contributed by atoms with E-state index in [0.29, 0.717) is 22.6 Å². The van der Waals surface area contributed by atoms with E-state index in [2.05, 4.69) is 26.8 Å². The van der Waals surface area contributed by atoms with E-state index in [0.717, 1.165) is 0 Å². The summed E-state index contributed by atoms with van der Waals surface area (Å²) in [6.07, 6.45) is 1.50. The van der Waals surface area contributed by atoms with Crippen molar-refractivity contribution in [1.29, 1.82) is 0 Å². The molecule has 0 saturated heterocycles. The van der Waals surface area contributed by atoms with Crippen LogP contribution in [-0.4, -0.2) is 15.0 Å². The van der Waals surface area contributed by atoms with Crippen molar-refractivity contribution >= 4 is 11.8 Å². The van der Waals surface area contributed by atoms with Gasteiger partial charge in [-0.3, -0.25) is 0 Å². The van der Waals surface area contributed by atoms with E-state index in [1.807, 2.05) is 0 Å². The molecule has 112 valence electrons. The molecule has 0 aliphatic rings. The van der Waals surface area contributed by atoms with Gasteiger partial charge in [-0.05, 0) is 19.1 Å². The first-order chi connectivity index (χ1) is 13.2. The molecule has 5 nitrogen and oxygen atoms in total. The molecule has 2 heterocycles. The minimum atomic E-state index is -0.488. The molecule has 1 aromatic carbocycles. The van der Waals surface area contributed by atoms with Crippen LogP contribution in [-0.2, 0) is 0 Å². The maximum Gasteiger partial charge on any atom is 0.220 e. The number of benzene rings is 1. The molecule has 0 radical (unpaired) electrons. The highest BCUT2D eigenvalue weighted by molar-refractivity contribution is 5.69. The van der Waals surface area contributed by atoms with E-state index < -0.39 is 18.1 Å². The fraction of sp³-hybridized carbons (Fsp3) is 0.0556. The van der Waals surface area contributed by atoms with Crippen molar-refractivity contribution < 1.29 is 6.85 Å². The maximum atomic E-state index is 8.18. The Bertz CT molecular complexity index is 1120. The number of aromatic nitrogens is 3. The summed E-state index contributed by atoms with van der Waals surface area (Å²) in [7, 11) is 0. The van der Waals surface area contributed by atoms with E-state index in [9.17, 15) is 0 Å². The largest absolute Gasteiger partial charge is 0.384 e. The van der Waals surface area contributed by atoms with Crippen LogP contribution < -0.4 is 11.5 Å². The monoisotopic (exact) mass is 306 g/mol. The molecule has 0 amide bonds. The zero-order valence-corrected chi connectivity index (χ0v) is 12.2. The van der Waals surface area contributed by atoms with Crippen molar-refractivity contribution in [3.63, 3.8) is 0 Å². The molecule has 0 fully saturated rings. The average molecular weight is 306 g/mol. The van der Waals surface area contributed by atoms with Crippen LogP contribution >= 0.6 is 0 Å². The highest BCUT2D eigenvalue weighted by Crippen LogP contribution is 2.23. The van der Waals surface area contributed by atoms with Gasteiger partial charge in [0.15, 0.2) is 0 Å². The topological polar surface area (TPSA) is 90.7 Å². The molecule has 0 spiro atoms. The van der Waals surface area contributed by atoms with Gasteiger partial charge in [0.1, 0.15) is 5.82 Å². The van der Waals surface area contributed by atoms with Crippen LogP contribution in [0.2, 0.25) is 0 Å². The SMILES string of the molecule is [2H]c1c([2H])c([2H])c(-c2nc(N)nc(C)c2C#Cc2ccc(N)nc2)c([2H])c1[2H]. The number of nitrogens with zero attached hydrogens (tertiary/aromatic N) is 3. The lowest BCUT2D eigenvalue weighted by Crippen LogP contribution is -2.02. The number of rotatable bonds is 1. The van der Waals surface area contributed by atoms with Crippen molar-refractivity contribution in [1.82, 2.24) is 15.0 Å². The molecule has 5 heteroatoms. The zero-order chi connectivity index (χ0) is 20.6. The lowest BCUT2D eigenvalue weighted by atomic mass is 10.0. The summed E-state index contributed by atoms with van der Waals surface area (Å²) >= 11 is 0. The van der Waals surface area contributed by atoms with Crippen LogP contribution in [0.4, 0.5) is 11.8 Å². The Hall–Kier alpha value is -3.39. The molecule has 0 unspecified atom stereocenters. The van der Waals surface area contributed by atoms with Crippen LogP contribution in [0.1, 0.15) is 23.7 Å². The third kappa shape index (κ3) is 3.27. The molecule has 2 aromatic heterocycles. The Balaban J connectivity index is 2.29. The van der Waals surface area contributed by atoms with Crippen molar-refractivity contribution in [2.24, 2.45) is 0 Å². The third-order valence-corrected chi connectivity index (χ3v) is 2.96. The maximum absolute atomic E-state index is 8.18. The van der Waals surface area contributed by atoms with Crippen LogP contribution in [0.5, 0.6) is 0 Å². The first kappa shape index (κ1) is 9.59. The van der Waals surface area contributed by atoms with Gasteiger partial charge < -0.3 is 11.5 Å². The van der Waals surface area contributed by atoms with Gasteiger partial charge in [0, 0.05) is 17.3 Å². The van der Waals surface area contributed by atoms with Crippen LogP contribution in [0.25, 0.3) is 11.3 Å². The molecule has 0 aliphatic heterocycles. The van der Waals surface area contributed by atoms with E-state index in [1.165, 1.54) is 6.20 Å². The average Bonchev–Trinajstić information content (AvgIpc) is 2.65. The van der Waals surface area contributed by atoms with Gasteiger partial charge in [0.25, 0.3) is 0 Å². The van der Waals surface area contributed by atoms with Gasteiger partial charge >= 0.3 is 0 Å². The van der Waals surface area contributed by atoms with Gasteiger partial charge in [-0.15, -0.1) is 0 Å². The first-order valence-electron chi connectivity index (χ1n) is 9.15. The molecule has 0 bridgehead atoms. The smallest absolute Gasteiger partial charge is 0.220 e. The second-order valence-electron chi connectivity index (χ2n) is 4.61. The fourth-order valence-electron chi connectivity index (χ4n) is 1.91. The van der Waals surface area contributed by atoms with Gasteiger partial charge in [-0.1, -0.05) is 42.1 Å². The number of hydrogen-bond donors (Lipinski definition) is 2. The number of hydrogen-bond acceptors (Lipinski definition) is 5. The predicted octanol–water partition coefficient (Wildman–Crippen LogP) is 2.41. The summed E-state index contributed by atoms with van der Waals surface area (Å²) < 4.78 is 39.9. The molecular weight excluding hydrogens is 286 g/mol. The summed E-state index contributed by atoms with van der Waals surface area (Å²) in [5.41, 5.74) is 12.6. The van der Waals surface area contributed by atoms with Crippen molar-refractivity contribution in [2.45, 2.75) is 6.92 Å². The molecule has 3 aromatic rings. The minimum absolute atomic E-state index is 0.0806. The Morgan fingerprint density at radius 3 is 2.52 bits per heavy atom. The normalized spacial score (nSPS) is 13.0. The molecule has 0 saturated carbocycles. The summed E-state index contributed by atoms with van der Waals surface area (Å²) in [4.78, 5) is 12.2. The van der Waals surface area contributed by atoms with Crippen LogP contribution in [0.3, 0.4) is 0 Å². The molecule has 0 aliphatic carbocycles. The van der Waals surface area contributed by atoms with Gasteiger partial charge in [0.05, 0.1) is 23.8 Å². The number of pyridine rings is 1. The number of nitrogen functional groups attached to an aromatic ring is 2. The Kier molecular flexibility index (Phi) is 2.57. The Morgan fingerprint density at radius 1 is 1.04 bits per heavy atom. The first-order valence-corrected chi connectivity index (χ1v) is 6.65. The van der Waals surface area contributed by atoms with Gasteiger partial charge in [-0.2, -0.15) is 0 Å². The Morgan fingerprint density at radius 2 is 1.83 bits per heavy atom. The highest BCUT2D eigenvalue weighted by Gasteiger charge is 2.10. The second-order valence-corrected chi connectivity index (χ2v) is 4.61. The van der Waals surface area contributed by atoms with Crippen molar-refractivity contribution in [3.8, 4) is 23.1 Å². The van der Waals surface area contributed by atoms with Crippen molar-refractivity contribution in [3.05, 3.63) is 65.4 Å². The van der Waals surface area contributed by atoms with E-state index in [4.69, 9.17) is 18.3 Å². The lowest BCUT2D eigenvalue weighted by molar-refractivity contribution is 1.11. The Labute approximate surface area is 141 Å². The van der Waals surface area contributed by atoms with E-state index in [1.54, 1.807) is 19.1 Å². The summed E-state index contributed by atoms with van der Waals surface area (Å²) in [5.74, 6) is 6.07. The molecule has 0 atom stereocenters. The molecule has 3 rings (SSSR count). The fourth-order valence-corrected chi connectivity index (χ4v) is 1.91. The quantitative estimate of drug-likeness (QED) is 0.674. The van der Waals surface area contributed by atoms with E-state index >= 15 is 0 Å². The summed E-state index contributed by atoms with van der Waals surface area (Å²) in [6.45, 7) is 1.65. The van der Waals surface area contributed by atoms with Crippen molar-refractivity contribution in [2.75, 3.05) is 11.5 Å². The molecule has 23 heavy (non-hydrogen) atoms. The standard InChI is InChI=1S/C18H15N5/c1-12-15(9-7-13-8-10-16(19)21-11-13)17(23-18(20)22-12)14-5-3-2-4-6-14/h2-6,8,10-11H,1H3,(H2,19,21)(H2,20,22,23)/i2D,3D,4D,5D,6D. The minimum Gasteiger partial charge on any atom is -0.384 e. The third-order valence-electron chi connectivity index (χ3n) is 2.96. The van der Waals surface area contributed by atoms with Gasteiger partial charge in [0.2, 0.25) is 5.95 Å². The number of aryl methyl sites for hydroxylation is 1. The van der Waals surface area contributed by atoms with Crippen LogP contribution in [0, 0.1) is 18.8 Å². The second kappa shape index (κ2) is 6.16. The molecule has 4 N–H and O–H groups in total. The number of nitrogens with two attached hydrogens (primary N) is 2. The van der Waals surface area contributed by atoms with E-state index in [-0.39, 0.29) is 29.3 Å². The highest BCUT2D eigenvalue weighted by atomic mass is 15.0. The molecular formula is C18H15N5. The lowest BCUT2D eigenvalue weighted by Gasteiger charge is -2.07. The summed E-state index contributed by atoms with van der Waals surface area (Å²) in [5, 5.41) is 0. The van der Waals surface area contributed by atoms with Gasteiger partial charge in [-0.25, -0.2) is 15.0 Å².